The van der Waals surface area contributed by atoms with Gasteiger partial charge in [-0.25, -0.2) is 3.11 Å². The third-order valence-corrected chi connectivity index (χ3v) is 5.21. The summed E-state index contributed by atoms with van der Waals surface area (Å²) in [6.45, 7) is 12.1. The first-order valence-electron chi connectivity index (χ1n) is 6.33. The van der Waals surface area contributed by atoms with E-state index in [1.54, 1.807) is 0 Å². The van der Waals surface area contributed by atoms with E-state index >= 15 is 0 Å². The Hall–Kier alpha value is 0.650. The molecule has 0 aromatic carbocycles. The van der Waals surface area contributed by atoms with Crippen molar-refractivity contribution in [2.75, 3.05) is 20.1 Å². The molecule has 2 aliphatic heterocycles. The molecule has 2 heterocycles. The Kier molecular flexibility index (Phi) is 3.35. The molecule has 2 rings (SSSR count). The van der Waals surface area contributed by atoms with E-state index in [9.17, 15) is 0 Å². The van der Waals surface area contributed by atoms with Crippen molar-refractivity contribution in [3.05, 3.63) is 0 Å². The van der Waals surface area contributed by atoms with Gasteiger partial charge < -0.3 is 4.90 Å². The Morgan fingerprint density at radius 2 is 1.44 bits per heavy atom. The molecule has 0 spiro atoms. The van der Waals surface area contributed by atoms with Crippen LogP contribution in [0.4, 0.5) is 0 Å². The van der Waals surface area contributed by atoms with Crippen molar-refractivity contribution < 1.29 is 0 Å². The van der Waals surface area contributed by atoms with E-state index in [1.807, 2.05) is 0 Å². The highest BCUT2D eigenvalue weighted by Gasteiger charge is 2.46. The van der Waals surface area contributed by atoms with Crippen LogP contribution in [0.3, 0.4) is 0 Å². The first kappa shape index (κ1) is 13.1. The molecule has 94 valence electrons. The molecule has 2 atom stereocenters. The topological polar surface area (TPSA) is 6.48 Å². The van der Waals surface area contributed by atoms with Gasteiger partial charge in [-0.2, -0.15) is 0 Å². The lowest BCUT2D eigenvalue weighted by atomic mass is 9.71. The summed E-state index contributed by atoms with van der Waals surface area (Å²) >= 11 is 2.55. The summed E-state index contributed by atoms with van der Waals surface area (Å²) in [5.74, 6) is 0. The molecule has 2 nitrogen and oxygen atoms in total. The van der Waals surface area contributed by atoms with Crippen molar-refractivity contribution in [3.63, 3.8) is 0 Å². The summed E-state index contributed by atoms with van der Waals surface area (Å²) in [6.07, 6.45) is 2.70. The van der Waals surface area contributed by atoms with Crippen LogP contribution >= 0.6 is 22.9 Å². The maximum absolute atomic E-state index is 2.60. The van der Waals surface area contributed by atoms with Gasteiger partial charge in [-0.3, -0.25) is 0 Å². The van der Waals surface area contributed by atoms with Crippen molar-refractivity contribution in [2.45, 2.75) is 52.6 Å². The highest BCUT2D eigenvalue weighted by molar-refractivity contribution is 14.1. The fraction of sp³-hybridized carbons (Fsp3) is 1.00. The van der Waals surface area contributed by atoms with Crippen LogP contribution in [-0.2, 0) is 0 Å². The second-order valence-corrected chi connectivity index (χ2v) is 8.58. The average Bonchev–Trinajstić information content (AvgIpc) is 2.05. The van der Waals surface area contributed by atoms with Crippen molar-refractivity contribution in [1.29, 1.82) is 0 Å². The van der Waals surface area contributed by atoms with Gasteiger partial charge in [0.1, 0.15) is 0 Å². The predicted molar refractivity (Wildman–Crippen MR) is 77.7 cm³/mol. The predicted octanol–water partition coefficient (Wildman–Crippen LogP) is 3.17. The number of piperidine rings is 2. The van der Waals surface area contributed by atoms with Crippen molar-refractivity contribution >= 4 is 22.9 Å². The zero-order valence-corrected chi connectivity index (χ0v) is 13.4. The van der Waals surface area contributed by atoms with Crippen LogP contribution in [0.2, 0.25) is 0 Å². The van der Waals surface area contributed by atoms with Crippen LogP contribution in [0, 0.1) is 10.8 Å². The molecule has 2 saturated heterocycles. The second-order valence-electron chi connectivity index (χ2n) is 7.34. The normalized spacial score (nSPS) is 39.4. The van der Waals surface area contributed by atoms with E-state index in [0.717, 1.165) is 12.1 Å². The number of hydrogen-bond donors (Lipinski definition) is 0. The minimum Gasteiger partial charge on any atom is -0.301 e. The van der Waals surface area contributed by atoms with E-state index in [1.165, 1.54) is 25.9 Å². The van der Waals surface area contributed by atoms with Crippen LogP contribution in [0.15, 0.2) is 0 Å². The molecule has 16 heavy (non-hydrogen) atoms. The van der Waals surface area contributed by atoms with Crippen molar-refractivity contribution in [2.24, 2.45) is 10.8 Å². The number of likely N-dealkylation sites (tertiary alicyclic amines) is 1. The fourth-order valence-electron chi connectivity index (χ4n) is 3.59. The minimum absolute atomic E-state index is 0.470. The molecule has 0 aromatic heterocycles. The van der Waals surface area contributed by atoms with Gasteiger partial charge in [0.2, 0.25) is 0 Å². The van der Waals surface area contributed by atoms with Gasteiger partial charge >= 0.3 is 0 Å². The Labute approximate surface area is 114 Å². The number of likely N-dealkylation sites (N-methyl/N-ethyl adjacent to an activating group) is 1. The molecule has 0 amide bonds. The van der Waals surface area contributed by atoms with Crippen molar-refractivity contribution in [1.82, 2.24) is 8.01 Å². The van der Waals surface area contributed by atoms with Gasteiger partial charge in [0.15, 0.2) is 0 Å². The summed E-state index contributed by atoms with van der Waals surface area (Å²) in [7, 11) is 2.31. The molecule has 2 unspecified atom stereocenters. The lowest BCUT2D eigenvalue weighted by Gasteiger charge is -2.55. The molecule has 3 heteroatoms. The van der Waals surface area contributed by atoms with Gasteiger partial charge in [-0.1, -0.05) is 27.7 Å². The highest BCUT2D eigenvalue weighted by Crippen LogP contribution is 2.43. The molecule has 0 aliphatic carbocycles. The minimum atomic E-state index is 0.470. The Morgan fingerprint density at radius 1 is 0.938 bits per heavy atom. The van der Waals surface area contributed by atoms with Gasteiger partial charge in [-0.05, 0) is 30.7 Å². The molecule has 0 bridgehead atoms. The Morgan fingerprint density at radius 3 is 2.06 bits per heavy atom. The maximum Gasteiger partial charge on any atom is 0.0355 e. The van der Waals surface area contributed by atoms with Crippen LogP contribution < -0.4 is 0 Å². The quantitative estimate of drug-likeness (QED) is 0.495. The highest BCUT2D eigenvalue weighted by atomic mass is 127. The molecule has 0 saturated carbocycles. The van der Waals surface area contributed by atoms with Crippen LogP contribution in [0.5, 0.6) is 0 Å². The molecule has 0 radical (unpaired) electrons. The lowest BCUT2D eigenvalue weighted by molar-refractivity contribution is -0.0238. The van der Waals surface area contributed by atoms with Gasteiger partial charge in [0.25, 0.3) is 0 Å². The molecule has 0 N–H and O–H groups in total. The summed E-state index contributed by atoms with van der Waals surface area (Å²) in [4.78, 5) is 2.60. The smallest absolute Gasteiger partial charge is 0.0355 e. The van der Waals surface area contributed by atoms with Gasteiger partial charge in [-0.15, -0.1) is 0 Å². The molecule has 0 aromatic rings. The first-order chi connectivity index (χ1) is 7.20. The van der Waals surface area contributed by atoms with E-state index in [-0.39, 0.29) is 0 Å². The number of halogens is 1. The summed E-state index contributed by atoms with van der Waals surface area (Å²) in [5.41, 5.74) is 0.943. The van der Waals surface area contributed by atoms with Crippen LogP contribution in [0.25, 0.3) is 0 Å². The Bertz CT molecular complexity index is 247. The van der Waals surface area contributed by atoms with E-state index < -0.39 is 0 Å². The third-order valence-electron chi connectivity index (χ3n) is 4.15. The summed E-state index contributed by atoms with van der Waals surface area (Å²) in [5, 5.41) is 0. The van der Waals surface area contributed by atoms with E-state index in [0.29, 0.717) is 10.8 Å². The summed E-state index contributed by atoms with van der Waals surface area (Å²) in [6, 6.07) is 1.51. The molecule has 2 fully saturated rings. The number of rotatable bonds is 0. The standard InChI is InChI=1S/C13H25IN2/c1-12(2)7-11-10(15(5)8-12)6-13(3,4)9-16(11)14/h10-11H,6-9H2,1-5H3. The average molecular weight is 336 g/mol. The van der Waals surface area contributed by atoms with Gasteiger partial charge in [0.05, 0.1) is 0 Å². The number of hydrogen-bond acceptors (Lipinski definition) is 2. The SMILES string of the molecule is CN1CC(C)(C)CC2C1CC(C)(C)CN2I. The fourth-order valence-corrected chi connectivity index (χ4v) is 5.08. The first-order valence-corrected chi connectivity index (χ1v) is 7.29. The van der Waals surface area contributed by atoms with Crippen LogP contribution in [-0.4, -0.2) is 40.2 Å². The largest absolute Gasteiger partial charge is 0.301 e. The zero-order valence-electron chi connectivity index (χ0n) is 11.3. The van der Waals surface area contributed by atoms with E-state index in [4.69, 9.17) is 0 Å². The zero-order chi connectivity index (χ0) is 12.1. The lowest BCUT2D eigenvalue weighted by Crippen LogP contribution is -2.62. The molecular formula is C13H25IN2. The summed E-state index contributed by atoms with van der Waals surface area (Å²) < 4.78 is 2.57. The maximum atomic E-state index is 2.60. The Balaban J connectivity index is 2.19. The molecule has 2 aliphatic rings. The number of nitrogens with zero attached hydrogens (tertiary/aromatic N) is 2. The van der Waals surface area contributed by atoms with Crippen LogP contribution in [0.1, 0.15) is 40.5 Å². The van der Waals surface area contributed by atoms with Gasteiger partial charge in [0, 0.05) is 48.0 Å². The number of fused-ring (bicyclic) bond motifs is 1. The third kappa shape index (κ3) is 2.56. The van der Waals surface area contributed by atoms with E-state index in [2.05, 4.69) is 65.6 Å². The monoisotopic (exact) mass is 336 g/mol. The molecular weight excluding hydrogens is 311 g/mol. The van der Waals surface area contributed by atoms with Crippen molar-refractivity contribution in [3.8, 4) is 0 Å². The second kappa shape index (κ2) is 4.09.